The number of aromatic amines is 4. The number of phosphoric ester groups is 4. The number of H-pyrrole nitrogens is 4. The minimum Gasteiger partial charge on any atom is -0.387 e. The summed E-state index contributed by atoms with van der Waals surface area (Å²) in [6.45, 7) is -4.62. The number of nitrogens with one attached hydrogen (secondary N) is 4. The second-order valence-electron chi connectivity index (χ2n) is 27.7. The standard InChI is InChI=1S/C69H81N9O35P4/c1-96-58-53(83)42(106-62(58)75-25-21-46(79)70-66(75)84)31-103-115(90,91)111-56-44(108-64(60(56)98-3)77-27-23-48(81)72-68(77)86)33-105-117(94,95)113-57-45(109-65(61(57)99-4)78-28-24-49(82)73-69(78)87)34-104-116(92,93)112-55-43(107-63(59(55)97-2)76-26-22-47(80)71-67(76)85)32-102-114(88,89)101-30-9-8-29-100-41-14-7-5-6-13-40-52(74-110-54(40)41)39-20-18-37-16-15-35-11-10-12-36-17-19-38(39)51(37)50(35)36/h10-12,15-28,41-45,53,55-65,83H,5-9,13-14,29-34H2,1-4H3,(H,88,89)(H,90,91)(H,92,93)(H,94,95)(H,70,79,84)(H,71,80,85)(H,72,81,86)(H,73,82,87)/t41?,42-,43-,44-,45-,53-,55-,56-,57-,58-,59-,60-,61-,62-,63-,64-,65-/m1/s1. The van der Waals surface area contributed by atoms with Crippen LogP contribution in [-0.4, -0.2) is 209 Å². The average molecular weight is 1720 g/mol. The molecule has 44 nitrogen and oxygen atoms in total. The number of aliphatic hydroxyl groups excluding tert-OH is 1. The molecule has 5 aromatic heterocycles. The van der Waals surface area contributed by atoms with Gasteiger partial charge < -0.3 is 71.8 Å². The number of hydrogen-bond acceptors (Lipinski definition) is 32. The number of unbranched alkanes of at least 4 members (excludes halogenated alkanes) is 1. The van der Waals surface area contributed by atoms with Crippen LogP contribution in [0, 0.1) is 0 Å². The second kappa shape index (κ2) is 35.7. The number of nitrogens with zero attached hydrogens (tertiary/aromatic N) is 5. The summed E-state index contributed by atoms with van der Waals surface area (Å²) in [6.07, 6.45) is -19.8. The third kappa shape index (κ3) is 18.6. The predicted molar refractivity (Wildman–Crippen MR) is 400 cm³/mol. The first-order chi connectivity index (χ1) is 55.9. The molecule has 5 aliphatic rings. The summed E-state index contributed by atoms with van der Waals surface area (Å²) in [6, 6.07) is 22.6. The number of rotatable bonds is 34. The normalized spacial score (nSPS) is 28.4. The molecule has 0 radical (unpaired) electrons. The van der Waals surface area contributed by atoms with Crippen LogP contribution in [0.15, 0.2) is 147 Å². The molecule has 632 valence electrons. The van der Waals surface area contributed by atoms with Crippen molar-refractivity contribution in [1.82, 2.24) is 43.4 Å². The molecule has 1 aliphatic carbocycles. The molecule has 0 bridgehead atoms. The van der Waals surface area contributed by atoms with Gasteiger partial charge in [0.05, 0.1) is 33.0 Å². The molecule has 0 spiro atoms. The van der Waals surface area contributed by atoms with Gasteiger partial charge in [0.2, 0.25) is 0 Å². The molecule has 48 heteroatoms. The van der Waals surface area contributed by atoms with E-state index in [2.05, 4.69) is 53.7 Å². The monoisotopic (exact) mass is 1720 g/mol. The Hall–Kier alpha value is -8.11. The molecule has 14 rings (SSSR count). The van der Waals surface area contributed by atoms with Crippen molar-refractivity contribution in [3.05, 3.63) is 198 Å². The summed E-state index contributed by atoms with van der Waals surface area (Å²) in [4.78, 5) is 155. The summed E-state index contributed by atoms with van der Waals surface area (Å²) in [5.74, 6) is 0.631. The van der Waals surface area contributed by atoms with Gasteiger partial charge in [-0.25, -0.2) is 37.4 Å². The summed E-state index contributed by atoms with van der Waals surface area (Å²) < 4.78 is 162. The van der Waals surface area contributed by atoms with Crippen LogP contribution >= 0.6 is 31.3 Å². The summed E-state index contributed by atoms with van der Waals surface area (Å²) >= 11 is 0. The lowest BCUT2D eigenvalue weighted by atomic mass is 9.88. The molecular formula is C69H81N9O35P4. The molecule has 4 fully saturated rings. The number of methoxy groups -OCH3 is 4. The zero-order valence-electron chi connectivity index (χ0n) is 62.3. The molecule has 9 aromatic rings. The van der Waals surface area contributed by atoms with Crippen LogP contribution < -0.4 is 45.0 Å². The van der Waals surface area contributed by atoms with E-state index in [1.54, 1.807) is 0 Å². The fraction of sp³-hybridized carbons (Fsp3) is 0.493. The van der Waals surface area contributed by atoms with E-state index in [0.29, 0.717) is 25.0 Å². The van der Waals surface area contributed by atoms with Gasteiger partial charge in [-0.05, 0) is 64.4 Å². The molecule has 0 amide bonds. The third-order valence-corrected chi connectivity index (χ3v) is 24.5. The van der Waals surface area contributed by atoms with Crippen molar-refractivity contribution in [2.45, 2.75) is 149 Å². The summed E-state index contributed by atoms with van der Waals surface area (Å²) in [5, 5.41) is 22.5. The van der Waals surface area contributed by atoms with Crippen molar-refractivity contribution in [1.29, 1.82) is 0 Å². The number of phosphoric acid groups is 4. The minimum absolute atomic E-state index is 0.171. The van der Waals surface area contributed by atoms with Gasteiger partial charge >= 0.3 is 54.0 Å². The Balaban J connectivity index is 0.641. The Kier molecular flexibility index (Phi) is 26.0. The van der Waals surface area contributed by atoms with E-state index in [1.807, 2.05) is 26.0 Å². The van der Waals surface area contributed by atoms with E-state index in [4.69, 9.17) is 83.3 Å². The van der Waals surface area contributed by atoms with Gasteiger partial charge in [0.25, 0.3) is 22.2 Å². The fourth-order valence-corrected chi connectivity index (χ4v) is 18.8. The molecule has 21 atom stereocenters. The molecule has 9 N–H and O–H groups in total. The zero-order valence-corrected chi connectivity index (χ0v) is 65.9. The fourth-order valence-electron chi connectivity index (χ4n) is 15.1. The van der Waals surface area contributed by atoms with Crippen LogP contribution in [0.3, 0.4) is 0 Å². The highest BCUT2D eigenvalue weighted by Crippen LogP contribution is 2.56. The predicted octanol–water partition coefficient (Wildman–Crippen LogP) is 3.04. The maximum absolute atomic E-state index is 14.5. The van der Waals surface area contributed by atoms with Gasteiger partial charge in [-0.3, -0.25) is 93.6 Å². The number of benzene rings is 4. The van der Waals surface area contributed by atoms with Gasteiger partial charge in [-0.2, -0.15) is 0 Å². The van der Waals surface area contributed by atoms with Crippen LogP contribution in [0.4, 0.5) is 0 Å². The number of ether oxygens (including phenoxy) is 9. The number of hydrogen-bond donors (Lipinski definition) is 9. The Morgan fingerprint density at radius 2 is 0.838 bits per heavy atom. The molecule has 0 saturated carbocycles. The Morgan fingerprint density at radius 1 is 0.444 bits per heavy atom. The second-order valence-corrected chi connectivity index (χ2v) is 33.4. The van der Waals surface area contributed by atoms with Gasteiger partial charge in [0.15, 0.2) is 30.7 Å². The third-order valence-electron chi connectivity index (χ3n) is 20.5. The molecule has 4 aliphatic heterocycles. The lowest BCUT2D eigenvalue weighted by Gasteiger charge is -2.28. The quantitative estimate of drug-likeness (QED) is 0.0159. The maximum atomic E-state index is 14.5. The molecule has 4 saturated heterocycles. The lowest BCUT2D eigenvalue weighted by Crippen LogP contribution is -2.41. The number of aromatic nitrogens is 9. The van der Waals surface area contributed by atoms with Gasteiger partial charge in [0, 0.05) is 95.2 Å². The van der Waals surface area contributed by atoms with Crippen molar-refractivity contribution in [3.8, 4) is 11.3 Å². The first kappa shape index (κ1) is 85.3. The van der Waals surface area contributed by atoms with Crippen LogP contribution in [0.2, 0.25) is 0 Å². The molecular weight excluding hydrogens is 1640 g/mol. The van der Waals surface area contributed by atoms with Crippen molar-refractivity contribution < 1.29 is 126 Å². The average Bonchev–Trinajstić information content (AvgIpc) is 1.54. The van der Waals surface area contributed by atoms with Crippen LogP contribution in [0.25, 0.3) is 43.6 Å². The Bertz CT molecular complexity index is 5770. The van der Waals surface area contributed by atoms with Crippen molar-refractivity contribution in [2.24, 2.45) is 0 Å². The molecule has 4 aromatic carbocycles. The topological polar surface area (TPSA) is 572 Å². The van der Waals surface area contributed by atoms with Crippen molar-refractivity contribution in [3.63, 3.8) is 0 Å². The van der Waals surface area contributed by atoms with Crippen LogP contribution in [-0.2, 0) is 104 Å². The van der Waals surface area contributed by atoms with Crippen LogP contribution in [0.1, 0.15) is 80.9 Å². The lowest BCUT2D eigenvalue weighted by molar-refractivity contribution is -0.0679. The SMILES string of the molecule is CO[C@@H]1[C@H](O)[C@@H](COP(=O)(O)O[C@H]2[C@@H](OC)[C@H](n3ccc(=O)[nH]c3=O)O[C@@H]2COP(=O)(O)O[C@H]2[C@@H](OC)[C@H](n3ccc(=O)[nH]c3=O)O[C@@H]2COP(=O)(O)O[C@H]2[C@@H](OC)[C@H](n3ccc(=O)[nH]c3=O)O[C@@H]2COP(=O)(O)OCCCCOC2CCCCCc3c(-c4ccc5ccc6cccc7ccc4c5c67)noc32)O[C@H]1n1ccc(=O)[nH]c1=O. The maximum Gasteiger partial charge on any atom is 0.472 e. The van der Waals surface area contributed by atoms with Crippen molar-refractivity contribution in [2.75, 3.05) is 68.1 Å². The van der Waals surface area contributed by atoms with Gasteiger partial charge in [-0.15, -0.1) is 0 Å². The molecule has 5 unspecified atom stereocenters. The Morgan fingerprint density at radius 3 is 1.28 bits per heavy atom. The zero-order chi connectivity index (χ0) is 83.0. The molecule has 9 heterocycles. The van der Waals surface area contributed by atoms with E-state index >= 15 is 0 Å². The van der Waals surface area contributed by atoms with Gasteiger partial charge in [0.1, 0.15) is 85.0 Å². The minimum atomic E-state index is -5.78. The summed E-state index contributed by atoms with van der Waals surface area (Å²) in [5.41, 5.74) is -5.04. The largest absolute Gasteiger partial charge is 0.472 e. The van der Waals surface area contributed by atoms with Crippen LogP contribution in [0.5, 0.6) is 0 Å². The van der Waals surface area contributed by atoms with E-state index in [-0.39, 0.29) is 19.6 Å². The highest BCUT2D eigenvalue weighted by atomic mass is 31.2. The van der Waals surface area contributed by atoms with E-state index in [0.717, 1.165) is 159 Å². The molecule has 117 heavy (non-hydrogen) atoms. The van der Waals surface area contributed by atoms with E-state index in [9.17, 15) is 81.3 Å². The van der Waals surface area contributed by atoms with E-state index < -0.39 is 207 Å². The van der Waals surface area contributed by atoms with Gasteiger partial charge in [-0.1, -0.05) is 72.6 Å². The number of aliphatic hydroxyl groups is 1. The smallest absolute Gasteiger partial charge is 0.387 e. The highest BCUT2D eigenvalue weighted by molar-refractivity contribution is 7.48. The first-order valence-electron chi connectivity index (χ1n) is 36.5. The number of fused-ring (bicyclic) bond motifs is 1. The van der Waals surface area contributed by atoms with E-state index in [1.165, 1.54) is 5.39 Å². The van der Waals surface area contributed by atoms with Crippen molar-refractivity contribution >= 4 is 63.6 Å². The first-order valence-corrected chi connectivity index (χ1v) is 42.5. The summed E-state index contributed by atoms with van der Waals surface area (Å²) in [7, 11) is -17.8. The Labute approximate surface area is 657 Å². The highest BCUT2D eigenvalue weighted by Gasteiger charge is 2.56.